The second-order valence-corrected chi connectivity index (χ2v) is 7.40. The SMILES string of the molecule is O=C(NCC1CCCN(Cc2ccccc2)C1)c1ccc([N+](=O)[O-])s1. The molecule has 1 aliphatic rings. The van der Waals surface area contributed by atoms with Gasteiger partial charge in [0.15, 0.2) is 0 Å². The van der Waals surface area contributed by atoms with Crippen molar-refractivity contribution in [3.8, 4) is 0 Å². The summed E-state index contributed by atoms with van der Waals surface area (Å²) < 4.78 is 0. The van der Waals surface area contributed by atoms with Gasteiger partial charge >= 0.3 is 5.00 Å². The Morgan fingerprint density at radius 1 is 1.28 bits per heavy atom. The summed E-state index contributed by atoms with van der Waals surface area (Å²) in [6.07, 6.45) is 2.22. The van der Waals surface area contributed by atoms with Crippen molar-refractivity contribution in [2.24, 2.45) is 5.92 Å². The van der Waals surface area contributed by atoms with Crippen molar-refractivity contribution in [2.75, 3.05) is 19.6 Å². The fraction of sp³-hybridized carbons (Fsp3) is 0.389. The molecule has 2 heterocycles. The van der Waals surface area contributed by atoms with Crippen LogP contribution in [-0.4, -0.2) is 35.4 Å². The quantitative estimate of drug-likeness (QED) is 0.634. The minimum Gasteiger partial charge on any atom is -0.351 e. The molecule has 25 heavy (non-hydrogen) atoms. The molecule has 0 saturated carbocycles. The average Bonchev–Trinajstić information content (AvgIpc) is 3.11. The third-order valence-corrected chi connectivity index (χ3v) is 5.43. The number of thiophene rings is 1. The number of hydrogen-bond donors (Lipinski definition) is 1. The van der Waals surface area contributed by atoms with Crippen LogP contribution in [-0.2, 0) is 6.54 Å². The van der Waals surface area contributed by atoms with E-state index in [-0.39, 0.29) is 10.9 Å². The molecule has 132 valence electrons. The lowest BCUT2D eigenvalue weighted by atomic mass is 9.97. The summed E-state index contributed by atoms with van der Waals surface area (Å²) in [5, 5.41) is 13.6. The maximum absolute atomic E-state index is 12.2. The molecule has 2 aromatic rings. The molecule has 1 aliphatic heterocycles. The van der Waals surface area contributed by atoms with Crippen molar-refractivity contribution < 1.29 is 9.72 Å². The Kier molecular flexibility index (Phi) is 5.78. The fourth-order valence-corrected chi connectivity index (χ4v) is 3.91. The molecule has 0 aliphatic carbocycles. The molecule has 3 rings (SSSR count). The van der Waals surface area contributed by atoms with Crippen LogP contribution in [0.15, 0.2) is 42.5 Å². The molecule has 1 fully saturated rings. The van der Waals surface area contributed by atoms with Crippen LogP contribution in [0.3, 0.4) is 0 Å². The lowest BCUT2D eigenvalue weighted by molar-refractivity contribution is -0.380. The van der Waals surface area contributed by atoms with E-state index in [1.807, 2.05) is 6.07 Å². The van der Waals surface area contributed by atoms with Crippen LogP contribution in [0.5, 0.6) is 0 Å². The summed E-state index contributed by atoms with van der Waals surface area (Å²) in [4.78, 5) is 25.2. The number of hydrogen-bond acceptors (Lipinski definition) is 5. The third kappa shape index (κ3) is 4.87. The molecule has 1 aromatic heterocycles. The molecular weight excluding hydrogens is 338 g/mol. The van der Waals surface area contributed by atoms with Crippen LogP contribution in [0.2, 0.25) is 0 Å². The van der Waals surface area contributed by atoms with Gasteiger partial charge in [-0.1, -0.05) is 41.7 Å². The van der Waals surface area contributed by atoms with Gasteiger partial charge in [0, 0.05) is 25.7 Å². The predicted octanol–water partition coefficient (Wildman–Crippen LogP) is 3.30. The Bertz CT molecular complexity index is 732. The summed E-state index contributed by atoms with van der Waals surface area (Å²) in [5.74, 6) is 0.189. The predicted molar refractivity (Wildman–Crippen MR) is 97.7 cm³/mol. The highest BCUT2D eigenvalue weighted by Crippen LogP contribution is 2.24. The second-order valence-electron chi connectivity index (χ2n) is 6.33. The van der Waals surface area contributed by atoms with Crippen molar-refractivity contribution in [2.45, 2.75) is 19.4 Å². The number of carbonyl (C=O) groups is 1. The monoisotopic (exact) mass is 359 g/mol. The van der Waals surface area contributed by atoms with E-state index in [2.05, 4.69) is 34.5 Å². The lowest BCUT2D eigenvalue weighted by Crippen LogP contribution is -2.40. The van der Waals surface area contributed by atoms with Crippen LogP contribution >= 0.6 is 11.3 Å². The first-order chi connectivity index (χ1) is 12.1. The van der Waals surface area contributed by atoms with Crippen molar-refractivity contribution in [1.82, 2.24) is 10.2 Å². The number of carbonyl (C=O) groups excluding carboxylic acids is 1. The lowest BCUT2D eigenvalue weighted by Gasteiger charge is -2.32. The molecule has 1 amide bonds. The number of nitro groups is 1. The normalized spacial score (nSPS) is 18.0. The number of nitrogens with zero attached hydrogens (tertiary/aromatic N) is 2. The molecule has 1 aromatic carbocycles. The molecule has 1 N–H and O–H groups in total. The first-order valence-electron chi connectivity index (χ1n) is 8.40. The van der Waals surface area contributed by atoms with Crippen molar-refractivity contribution in [3.05, 3.63) is 63.0 Å². The van der Waals surface area contributed by atoms with Gasteiger partial charge in [-0.2, -0.15) is 0 Å². The van der Waals surface area contributed by atoms with Crippen LogP contribution < -0.4 is 5.32 Å². The Morgan fingerprint density at radius 3 is 2.80 bits per heavy atom. The Hall–Kier alpha value is -2.25. The number of likely N-dealkylation sites (tertiary alicyclic amines) is 1. The van der Waals surface area contributed by atoms with Gasteiger partial charge in [0.25, 0.3) is 5.91 Å². The molecule has 0 spiro atoms. The molecular formula is C18H21N3O3S. The number of benzene rings is 1. The third-order valence-electron chi connectivity index (χ3n) is 4.40. The number of amides is 1. The van der Waals surface area contributed by atoms with E-state index in [1.54, 1.807) is 0 Å². The topological polar surface area (TPSA) is 75.5 Å². The Morgan fingerprint density at radius 2 is 2.08 bits per heavy atom. The van der Waals surface area contributed by atoms with Gasteiger partial charge in [0.1, 0.15) is 0 Å². The van der Waals surface area contributed by atoms with E-state index in [4.69, 9.17) is 0 Å². The van der Waals surface area contributed by atoms with Crippen LogP contribution in [0, 0.1) is 16.0 Å². The Labute approximate surface area is 150 Å². The van der Waals surface area contributed by atoms with E-state index in [9.17, 15) is 14.9 Å². The standard InChI is InChI=1S/C18H21N3O3S/c22-18(16-8-9-17(25-16)21(23)24)19-11-15-7-4-10-20(13-15)12-14-5-2-1-3-6-14/h1-3,5-6,8-9,15H,4,7,10-13H2,(H,19,22). The first-order valence-corrected chi connectivity index (χ1v) is 9.22. The highest BCUT2D eigenvalue weighted by atomic mass is 32.1. The van der Waals surface area contributed by atoms with Crippen LogP contribution in [0.1, 0.15) is 28.1 Å². The molecule has 1 atom stereocenters. The van der Waals surface area contributed by atoms with E-state index < -0.39 is 4.92 Å². The van der Waals surface area contributed by atoms with Gasteiger partial charge in [0.05, 0.1) is 9.80 Å². The number of piperidine rings is 1. The average molecular weight is 359 g/mol. The molecule has 7 heteroatoms. The molecule has 6 nitrogen and oxygen atoms in total. The van der Waals surface area contributed by atoms with Crippen LogP contribution in [0.4, 0.5) is 5.00 Å². The van der Waals surface area contributed by atoms with Gasteiger partial charge in [0.2, 0.25) is 0 Å². The van der Waals surface area contributed by atoms with Gasteiger partial charge in [-0.25, -0.2) is 0 Å². The molecule has 0 radical (unpaired) electrons. The van der Waals surface area contributed by atoms with Gasteiger partial charge in [-0.15, -0.1) is 0 Å². The van der Waals surface area contributed by atoms with E-state index in [0.29, 0.717) is 17.3 Å². The highest BCUT2D eigenvalue weighted by Gasteiger charge is 2.21. The summed E-state index contributed by atoms with van der Waals surface area (Å²) >= 11 is 0.916. The summed E-state index contributed by atoms with van der Waals surface area (Å²) in [6, 6.07) is 13.3. The largest absolute Gasteiger partial charge is 0.351 e. The zero-order valence-corrected chi connectivity index (χ0v) is 14.7. The number of rotatable bonds is 6. The fourth-order valence-electron chi connectivity index (χ4n) is 3.18. The van der Waals surface area contributed by atoms with E-state index >= 15 is 0 Å². The van der Waals surface area contributed by atoms with Gasteiger partial charge in [-0.3, -0.25) is 19.8 Å². The maximum atomic E-state index is 12.2. The second kappa shape index (κ2) is 8.22. The van der Waals surface area contributed by atoms with Crippen molar-refractivity contribution >= 4 is 22.2 Å². The Balaban J connectivity index is 1.49. The van der Waals surface area contributed by atoms with Gasteiger partial charge in [-0.05, 0) is 36.9 Å². The zero-order valence-electron chi connectivity index (χ0n) is 13.9. The number of nitrogens with one attached hydrogen (secondary N) is 1. The zero-order chi connectivity index (χ0) is 17.6. The molecule has 1 saturated heterocycles. The van der Waals surface area contributed by atoms with E-state index in [0.717, 1.165) is 43.8 Å². The molecule has 1 unspecified atom stereocenters. The minimum atomic E-state index is -0.468. The van der Waals surface area contributed by atoms with Crippen molar-refractivity contribution in [3.63, 3.8) is 0 Å². The summed E-state index contributed by atoms with van der Waals surface area (Å²) in [7, 11) is 0. The van der Waals surface area contributed by atoms with E-state index in [1.165, 1.54) is 17.7 Å². The molecule has 0 bridgehead atoms. The summed E-state index contributed by atoms with van der Waals surface area (Å²) in [5.41, 5.74) is 1.30. The van der Waals surface area contributed by atoms with Gasteiger partial charge < -0.3 is 5.32 Å². The first kappa shape index (κ1) is 17.6. The summed E-state index contributed by atoms with van der Waals surface area (Å²) in [6.45, 7) is 3.58. The minimum absolute atomic E-state index is 0.00291. The van der Waals surface area contributed by atoms with Crippen LogP contribution in [0.25, 0.3) is 0 Å². The van der Waals surface area contributed by atoms with Crippen molar-refractivity contribution in [1.29, 1.82) is 0 Å². The smallest absolute Gasteiger partial charge is 0.324 e. The highest BCUT2D eigenvalue weighted by molar-refractivity contribution is 7.17. The maximum Gasteiger partial charge on any atom is 0.324 e.